The minimum atomic E-state index is 0.715. The third-order valence-electron chi connectivity index (χ3n) is 4.15. The molecule has 0 spiro atoms. The average molecular weight is 225 g/mol. The molecule has 0 aromatic heterocycles. The van der Waals surface area contributed by atoms with Crippen molar-refractivity contribution in [3.8, 4) is 0 Å². The van der Waals surface area contributed by atoms with E-state index >= 15 is 0 Å². The second kappa shape index (κ2) is 8.11. The molecule has 0 amide bonds. The Morgan fingerprint density at radius 3 is 2.38 bits per heavy atom. The Kier molecular flexibility index (Phi) is 7.11. The van der Waals surface area contributed by atoms with Gasteiger partial charge in [-0.3, -0.25) is 0 Å². The van der Waals surface area contributed by atoms with Crippen molar-refractivity contribution in [2.45, 2.75) is 90.6 Å². The van der Waals surface area contributed by atoms with E-state index < -0.39 is 0 Å². The van der Waals surface area contributed by atoms with E-state index in [1.54, 1.807) is 0 Å². The lowest BCUT2D eigenvalue weighted by Gasteiger charge is -2.24. The molecule has 2 atom stereocenters. The number of hydrogen-bond donors (Lipinski definition) is 1. The predicted molar refractivity (Wildman–Crippen MR) is 72.8 cm³/mol. The quantitative estimate of drug-likeness (QED) is 0.599. The van der Waals surface area contributed by atoms with Crippen LogP contribution in [0.15, 0.2) is 0 Å². The molecular weight excluding hydrogens is 194 g/mol. The standard InChI is InChI=1S/C15H31N/c1-4-5-6-7-10-13(2)16-14(3)15-11-8-9-12-15/h13-16H,4-12H2,1-3H3/t13?,14-/m1/s1. The fourth-order valence-electron chi connectivity index (χ4n) is 3.00. The van der Waals surface area contributed by atoms with Gasteiger partial charge in [-0.1, -0.05) is 45.4 Å². The number of unbranched alkanes of at least 4 members (excludes halogenated alkanes) is 3. The molecule has 96 valence electrons. The normalized spacial score (nSPS) is 21.2. The molecule has 0 radical (unpaired) electrons. The number of rotatable bonds is 8. The van der Waals surface area contributed by atoms with Gasteiger partial charge in [0.05, 0.1) is 0 Å². The van der Waals surface area contributed by atoms with Crippen LogP contribution in [0, 0.1) is 5.92 Å². The van der Waals surface area contributed by atoms with E-state index in [-0.39, 0.29) is 0 Å². The Hall–Kier alpha value is -0.0400. The fraction of sp³-hybridized carbons (Fsp3) is 1.00. The molecule has 0 aliphatic heterocycles. The summed E-state index contributed by atoms with van der Waals surface area (Å²) >= 11 is 0. The summed E-state index contributed by atoms with van der Waals surface area (Å²) in [4.78, 5) is 0. The Bertz CT molecular complexity index is 161. The van der Waals surface area contributed by atoms with Crippen LogP contribution < -0.4 is 5.32 Å². The van der Waals surface area contributed by atoms with Gasteiger partial charge in [0.25, 0.3) is 0 Å². The van der Waals surface area contributed by atoms with Crippen molar-refractivity contribution in [3.05, 3.63) is 0 Å². The molecule has 1 rings (SSSR count). The topological polar surface area (TPSA) is 12.0 Å². The molecule has 1 nitrogen and oxygen atoms in total. The van der Waals surface area contributed by atoms with Gasteiger partial charge in [0.2, 0.25) is 0 Å². The molecule has 1 aliphatic carbocycles. The first-order chi connectivity index (χ1) is 7.74. The van der Waals surface area contributed by atoms with Crippen molar-refractivity contribution < 1.29 is 0 Å². The molecule has 1 N–H and O–H groups in total. The van der Waals surface area contributed by atoms with Gasteiger partial charge in [-0.2, -0.15) is 0 Å². The van der Waals surface area contributed by atoms with Crippen LogP contribution in [0.25, 0.3) is 0 Å². The third kappa shape index (κ3) is 5.34. The largest absolute Gasteiger partial charge is 0.312 e. The van der Waals surface area contributed by atoms with Gasteiger partial charge in [-0.25, -0.2) is 0 Å². The molecule has 0 heterocycles. The molecule has 1 saturated carbocycles. The van der Waals surface area contributed by atoms with Gasteiger partial charge in [0.15, 0.2) is 0 Å². The lowest BCUT2D eigenvalue weighted by atomic mass is 9.98. The lowest BCUT2D eigenvalue weighted by Crippen LogP contribution is -2.38. The van der Waals surface area contributed by atoms with Crippen molar-refractivity contribution in [2.24, 2.45) is 5.92 Å². The van der Waals surface area contributed by atoms with Crippen LogP contribution >= 0.6 is 0 Å². The molecule has 1 fully saturated rings. The van der Waals surface area contributed by atoms with Gasteiger partial charge in [0, 0.05) is 12.1 Å². The molecule has 1 unspecified atom stereocenters. The second-order valence-electron chi connectivity index (χ2n) is 5.75. The smallest absolute Gasteiger partial charge is 0.00694 e. The second-order valence-corrected chi connectivity index (χ2v) is 5.75. The Morgan fingerprint density at radius 1 is 1.06 bits per heavy atom. The molecule has 1 aliphatic rings. The van der Waals surface area contributed by atoms with Crippen LogP contribution in [0.5, 0.6) is 0 Å². The molecule has 1 heteroatoms. The van der Waals surface area contributed by atoms with Gasteiger partial charge >= 0.3 is 0 Å². The van der Waals surface area contributed by atoms with E-state index in [2.05, 4.69) is 26.1 Å². The van der Waals surface area contributed by atoms with Crippen molar-refractivity contribution in [3.63, 3.8) is 0 Å². The highest BCUT2D eigenvalue weighted by atomic mass is 14.9. The SMILES string of the molecule is CCCCCCC(C)N[C@H](C)C1CCCC1. The molecule has 0 saturated heterocycles. The highest BCUT2D eigenvalue weighted by molar-refractivity contribution is 4.79. The number of nitrogens with one attached hydrogen (secondary N) is 1. The third-order valence-corrected chi connectivity index (χ3v) is 4.15. The van der Waals surface area contributed by atoms with E-state index in [0.717, 1.165) is 12.0 Å². The average Bonchev–Trinajstić information content (AvgIpc) is 2.77. The Balaban J connectivity index is 2.05. The van der Waals surface area contributed by atoms with Gasteiger partial charge in [0.1, 0.15) is 0 Å². The maximum absolute atomic E-state index is 3.80. The summed E-state index contributed by atoms with van der Waals surface area (Å²) in [6.45, 7) is 7.03. The zero-order chi connectivity index (χ0) is 11.8. The van der Waals surface area contributed by atoms with Crippen LogP contribution in [0.4, 0.5) is 0 Å². The summed E-state index contributed by atoms with van der Waals surface area (Å²) < 4.78 is 0. The highest BCUT2D eigenvalue weighted by Crippen LogP contribution is 2.27. The first kappa shape index (κ1) is 14.0. The Morgan fingerprint density at radius 2 is 1.75 bits per heavy atom. The highest BCUT2D eigenvalue weighted by Gasteiger charge is 2.22. The van der Waals surface area contributed by atoms with Crippen molar-refractivity contribution >= 4 is 0 Å². The molecule has 0 aromatic rings. The first-order valence-corrected chi connectivity index (χ1v) is 7.50. The van der Waals surface area contributed by atoms with E-state index in [1.165, 1.54) is 57.8 Å². The van der Waals surface area contributed by atoms with E-state index in [4.69, 9.17) is 0 Å². The minimum Gasteiger partial charge on any atom is -0.312 e. The fourth-order valence-corrected chi connectivity index (χ4v) is 3.00. The molecule has 16 heavy (non-hydrogen) atoms. The van der Waals surface area contributed by atoms with Crippen molar-refractivity contribution in [2.75, 3.05) is 0 Å². The zero-order valence-electron chi connectivity index (χ0n) is 11.6. The van der Waals surface area contributed by atoms with E-state index in [9.17, 15) is 0 Å². The number of hydrogen-bond acceptors (Lipinski definition) is 1. The molecule has 0 bridgehead atoms. The van der Waals surface area contributed by atoms with Gasteiger partial charge in [-0.05, 0) is 39.0 Å². The van der Waals surface area contributed by atoms with Crippen LogP contribution in [0.1, 0.15) is 78.6 Å². The summed E-state index contributed by atoms with van der Waals surface area (Å²) in [5.41, 5.74) is 0. The van der Waals surface area contributed by atoms with E-state index in [0.29, 0.717) is 6.04 Å². The summed E-state index contributed by atoms with van der Waals surface area (Å²) in [5.74, 6) is 0.957. The summed E-state index contributed by atoms with van der Waals surface area (Å²) in [6.07, 6.45) is 12.8. The molecular formula is C15H31N. The van der Waals surface area contributed by atoms with Crippen LogP contribution in [-0.2, 0) is 0 Å². The van der Waals surface area contributed by atoms with Crippen molar-refractivity contribution in [1.82, 2.24) is 5.32 Å². The zero-order valence-corrected chi connectivity index (χ0v) is 11.6. The van der Waals surface area contributed by atoms with Gasteiger partial charge < -0.3 is 5.32 Å². The van der Waals surface area contributed by atoms with Crippen LogP contribution in [0.2, 0.25) is 0 Å². The Labute approximate surface area is 102 Å². The lowest BCUT2D eigenvalue weighted by molar-refractivity contribution is 0.337. The summed E-state index contributed by atoms with van der Waals surface area (Å²) in [6, 6.07) is 1.45. The minimum absolute atomic E-state index is 0.715. The first-order valence-electron chi connectivity index (χ1n) is 7.50. The monoisotopic (exact) mass is 225 g/mol. The maximum Gasteiger partial charge on any atom is 0.00694 e. The summed E-state index contributed by atoms with van der Waals surface area (Å²) in [7, 11) is 0. The van der Waals surface area contributed by atoms with Gasteiger partial charge in [-0.15, -0.1) is 0 Å². The van der Waals surface area contributed by atoms with Crippen LogP contribution in [0.3, 0.4) is 0 Å². The molecule has 0 aromatic carbocycles. The summed E-state index contributed by atoms with van der Waals surface area (Å²) in [5, 5.41) is 3.80. The van der Waals surface area contributed by atoms with E-state index in [1.807, 2.05) is 0 Å². The maximum atomic E-state index is 3.80. The van der Waals surface area contributed by atoms with Crippen molar-refractivity contribution in [1.29, 1.82) is 0 Å². The predicted octanol–water partition coefficient (Wildman–Crippen LogP) is 4.51. The van der Waals surface area contributed by atoms with Crippen LogP contribution in [-0.4, -0.2) is 12.1 Å².